The Balaban J connectivity index is 2.04. The normalized spacial score (nSPS) is 18.8. The highest BCUT2D eigenvalue weighted by Gasteiger charge is 2.24. The predicted molar refractivity (Wildman–Crippen MR) is 74.2 cm³/mol. The maximum atomic E-state index is 12.3. The number of hydrogen-bond acceptors (Lipinski definition) is 4. The van der Waals surface area contributed by atoms with E-state index in [2.05, 4.69) is 18.8 Å². The number of morpholine rings is 1. The first kappa shape index (κ1) is 14.1. The van der Waals surface area contributed by atoms with Gasteiger partial charge in [-0.25, -0.2) is 0 Å². The van der Waals surface area contributed by atoms with E-state index in [4.69, 9.17) is 9.84 Å². The first-order valence-electron chi connectivity index (χ1n) is 6.35. The van der Waals surface area contributed by atoms with Crippen LogP contribution < -0.4 is 0 Å². The first-order chi connectivity index (χ1) is 9.24. The zero-order valence-corrected chi connectivity index (χ0v) is 11.7. The van der Waals surface area contributed by atoms with E-state index in [1.54, 1.807) is 6.07 Å². The Morgan fingerprint density at radius 1 is 1.63 bits per heavy atom. The summed E-state index contributed by atoms with van der Waals surface area (Å²) in [5.74, 6) is 5.44. The summed E-state index contributed by atoms with van der Waals surface area (Å²) >= 11 is 1.37. The highest BCUT2D eigenvalue weighted by Crippen LogP contribution is 2.19. The summed E-state index contributed by atoms with van der Waals surface area (Å²) in [4.78, 5) is 15.7. The molecular weight excluding hydrogens is 262 g/mol. The molecule has 0 spiro atoms. The lowest BCUT2D eigenvalue weighted by molar-refractivity contribution is -0.0224. The summed E-state index contributed by atoms with van der Waals surface area (Å²) < 4.78 is 5.56. The summed E-state index contributed by atoms with van der Waals surface area (Å²) in [5, 5.41) is 8.65. The van der Waals surface area contributed by atoms with E-state index in [0.29, 0.717) is 24.6 Å². The molecule has 1 N–H and O–H groups in total. The Labute approximate surface area is 117 Å². The molecule has 0 aliphatic carbocycles. The summed E-state index contributed by atoms with van der Waals surface area (Å²) in [7, 11) is 0. The summed E-state index contributed by atoms with van der Waals surface area (Å²) in [6.45, 7) is 3.80. The summed E-state index contributed by atoms with van der Waals surface area (Å²) in [6, 6.07) is 3.61. The van der Waals surface area contributed by atoms with Crippen LogP contribution in [0.5, 0.6) is 0 Å². The number of ether oxygens (including phenoxy) is 1. The molecule has 102 valence electrons. The smallest absolute Gasteiger partial charge is 0.264 e. The summed E-state index contributed by atoms with van der Waals surface area (Å²) in [5.41, 5.74) is 0. The van der Waals surface area contributed by atoms with Crippen molar-refractivity contribution in [2.45, 2.75) is 19.4 Å². The first-order valence-corrected chi connectivity index (χ1v) is 7.16. The average molecular weight is 279 g/mol. The van der Waals surface area contributed by atoms with Gasteiger partial charge < -0.3 is 14.7 Å². The molecule has 1 atom stereocenters. The fraction of sp³-hybridized carbons (Fsp3) is 0.500. The molecule has 1 aliphatic heterocycles. The molecule has 5 heteroatoms. The third-order valence-corrected chi connectivity index (χ3v) is 3.98. The second-order valence-electron chi connectivity index (χ2n) is 4.28. The number of hydrogen-bond donors (Lipinski definition) is 1. The number of thiophene rings is 1. The van der Waals surface area contributed by atoms with Crippen LogP contribution in [-0.2, 0) is 4.74 Å². The van der Waals surface area contributed by atoms with Gasteiger partial charge in [-0.15, -0.1) is 11.3 Å². The molecule has 0 radical (unpaired) electrons. The number of nitrogens with zero attached hydrogens (tertiary/aromatic N) is 1. The van der Waals surface area contributed by atoms with E-state index in [1.165, 1.54) is 11.3 Å². The molecule has 2 rings (SSSR count). The molecule has 0 bridgehead atoms. The van der Waals surface area contributed by atoms with Gasteiger partial charge in [-0.3, -0.25) is 4.79 Å². The molecule has 0 aromatic carbocycles. The number of aliphatic hydroxyl groups excluding tert-OH is 1. The molecular formula is C14H17NO3S. The van der Waals surface area contributed by atoms with Crippen LogP contribution in [0.4, 0.5) is 0 Å². The molecule has 1 aliphatic rings. The van der Waals surface area contributed by atoms with E-state index in [-0.39, 0.29) is 18.6 Å². The van der Waals surface area contributed by atoms with Crippen LogP contribution in [0.3, 0.4) is 0 Å². The Bertz CT molecular complexity index is 500. The van der Waals surface area contributed by atoms with Crippen molar-refractivity contribution in [2.24, 2.45) is 0 Å². The minimum atomic E-state index is -0.164. The van der Waals surface area contributed by atoms with Crippen LogP contribution in [0, 0.1) is 11.8 Å². The quantitative estimate of drug-likeness (QED) is 0.831. The lowest BCUT2D eigenvalue weighted by atomic mass is 10.2. The van der Waals surface area contributed by atoms with Crippen molar-refractivity contribution < 1.29 is 14.6 Å². The molecule has 1 fully saturated rings. The molecule has 1 unspecified atom stereocenters. The van der Waals surface area contributed by atoms with E-state index in [1.807, 2.05) is 11.0 Å². The van der Waals surface area contributed by atoms with Gasteiger partial charge in [0.15, 0.2) is 0 Å². The predicted octanol–water partition coefficient (Wildman–Crippen LogP) is 1.34. The number of carbonyl (C=O) groups excluding carboxylic acids is 1. The molecule has 1 aromatic heterocycles. The van der Waals surface area contributed by atoms with Gasteiger partial charge >= 0.3 is 0 Å². The maximum Gasteiger partial charge on any atom is 0.264 e. The monoisotopic (exact) mass is 279 g/mol. The fourth-order valence-corrected chi connectivity index (χ4v) is 2.80. The van der Waals surface area contributed by atoms with Crippen LogP contribution >= 0.6 is 11.3 Å². The topological polar surface area (TPSA) is 49.8 Å². The molecule has 1 amide bonds. The van der Waals surface area contributed by atoms with Gasteiger partial charge in [-0.1, -0.05) is 18.8 Å². The van der Waals surface area contributed by atoms with Crippen molar-refractivity contribution in [3.8, 4) is 11.8 Å². The Morgan fingerprint density at radius 2 is 2.47 bits per heavy atom. The Morgan fingerprint density at radius 3 is 3.21 bits per heavy atom. The SMILES string of the molecule is CCC1CN(C(=O)c2ccc(C#CCO)s2)CCO1. The minimum Gasteiger partial charge on any atom is -0.384 e. The minimum absolute atomic E-state index is 0.0452. The van der Waals surface area contributed by atoms with Gasteiger partial charge in [0.05, 0.1) is 22.5 Å². The van der Waals surface area contributed by atoms with Crippen LogP contribution in [0.2, 0.25) is 0 Å². The molecule has 2 heterocycles. The largest absolute Gasteiger partial charge is 0.384 e. The lowest BCUT2D eigenvalue weighted by Crippen LogP contribution is -2.45. The fourth-order valence-electron chi connectivity index (χ4n) is 1.95. The van der Waals surface area contributed by atoms with Gasteiger partial charge in [-0.2, -0.15) is 0 Å². The van der Waals surface area contributed by atoms with Gasteiger partial charge in [-0.05, 0) is 18.6 Å². The van der Waals surface area contributed by atoms with Crippen molar-refractivity contribution in [2.75, 3.05) is 26.3 Å². The number of rotatable bonds is 2. The zero-order chi connectivity index (χ0) is 13.7. The third kappa shape index (κ3) is 3.57. The second kappa shape index (κ2) is 6.71. The van der Waals surface area contributed by atoms with Crippen molar-refractivity contribution in [3.05, 3.63) is 21.9 Å². The van der Waals surface area contributed by atoms with Crippen molar-refractivity contribution in [1.82, 2.24) is 4.90 Å². The second-order valence-corrected chi connectivity index (χ2v) is 5.36. The van der Waals surface area contributed by atoms with Gasteiger partial charge in [0, 0.05) is 13.1 Å². The van der Waals surface area contributed by atoms with Crippen molar-refractivity contribution in [3.63, 3.8) is 0 Å². The third-order valence-electron chi connectivity index (χ3n) is 2.99. The van der Waals surface area contributed by atoms with Gasteiger partial charge in [0.25, 0.3) is 5.91 Å². The van der Waals surface area contributed by atoms with Crippen LogP contribution in [-0.4, -0.2) is 48.3 Å². The Kier molecular flexibility index (Phi) is 4.97. The average Bonchev–Trinajstić information content (AvgIpc) is 2.93. The molecule has 1 aromatic rings. The Hall–Kier alpha value is -1.35. The van der Waals surface area contributed by atoms with Crippen molar-refractivity contribution >= 4 is 17.2 Å². The standard InChI is InChI=1S/C14H17NO3S/c1-2-11-10-15(7-9-18-11)14(17)13-6-5-12(19-13)4-3-8-16/h5-6,11,16H,2,7-10H2,1H3. The number of aliphatic hydroxyl groups is 1. The van der Waals surface area contributed by atoms with E-state index in [0.717, 1.165) is 11.3 Å². The maximum absolute atomic E-state index is 12.3. The van der Waals surface area contributed by atoms with Crippen LogP contribution in [0.25, 0.3) is 0 Å². The van der Waals surface area contributed by atoms with E-state index >= 15 is 0 Å². The highest BCUT2D eigenvalue weighted by molar-refractivity contribution is 7.14. The summed E-state index contributed by atoms with van der Waals surface area (Å²) in [6.07, 6.45) is 1.06. The number of carbonyl (C=O) groups is 1. The highest BCUT2D eigenvalue weighted by atomic mass is 32.1. The lowest BCUT2D eigenvalue weighted by Gasteiger charge is -2.32. The molecule has 4 nitrogen and oxygen atoms in total. The van der Waals surface area contributed by atoms with E-state index < -0.39 is 0 Å². The molecule has 19 heavy (non-hydrogen) atoms. The van der Waals surface area contributed by atoms with E-state index in [9.17, 15) is 4.79 Å². The van der Waals surface area contributed by atoms with Crippen molar-refractivity contribution in [1.29, 1.82) is 0 Å². The number of amides is 1. The van der Waals surface area contributed by atoms with Gasteiger partial charge in [0.1, 0.15) is 6.61 Å². The molecule has 1 saturated heterocycles. The zero-order valence-electron chi connectivity index (χ0n) is 10.9. The van der Waals surface area contributed by atoms with Gasteiger partial charge in [0.2, 0.25) is 0 Å². The van der Waals surface area contributed by atoms with Crippen LogP contribution in [0.1, 0.15) is 27.9 Å². The van der Waals surface area contributed by atoms with Crippen LogP contribution in [0.15, 0.2) is 12.1 Å². The molecule has 0 saturated carbocycles.